The van der Waals surface area contributed by atoms with Gasteiger partial charge in [0.25, 0.3) is 0 Å². The maximum absolute atomic E-state index is 10.2. The molecule has 4 nitrogen and oxygen atoms in total. The number of carboxylic acids is 1. The summed E-state index contributed by atoms with van der Waals surface area (Å²) in [7, 11) is 0. The van der Waals surface area contributed by atoms with Crippen molar-refractivity contribution >= 4 is 5.97 Å². The molecule has 66 valence electrons. The van der Waals surface area contributed by atoms with Gasteiger partial charge in [0.15, 0.2) is 0 Å². The smallest absolute Gasteiger partial charge is 1.00 e. The van der Waals surface area contributed by atoms with Gasteiger partial charge < -0.3 is 11.3 Å². The van der Waals surface area contributed by atoms with Gasteiger partial charge in [-0.2, -0.15) is 0 Å². The van der Waals surface area contributed by atoms with Crippen molar-refractivity contribution in [1.29, 1.82) is 0 Å². The van der Waals surface area contributed by atoms with E-state index in [1.807, 2.05) is 0 Å². The molecule has 1 rings (SSSR count). The number of ether oxygens (including phenoxy) is 1. The van der Waals surface area contributed by atoms with Crippen LogP contribution >= 0.6 is 0 Å². The van der Waals surface area contributed by atoms with Crippen LogP contribution in [0, 0.1) is 0 Å². The van der Waals surface area contributed by atoms with E-state index in [9.17, 15) is 4.79 Å². The molecule has 1 heterocycles. The Kier molecular flexibility index (Phi) is 8.07. The van der Waals surface area contributed by atoms with Crippen molar-refractivity contribution in [3.63, 3.8) is 0 Å². The van der Waals surface area contributed by atoms with Crippen molar-refractivity contribution in [2.75, 3.05) is 32.8 Å². The Morgan fingerprint density at radius 2 is 2.08 bits per heavy atom. The summed E-state index contributed by atoms with van der Waals surface area (Å²) in [4.78, 5) is 12.3. The second-order valence-electron chi connectivity index (χ2n) is 2.60. The Hall–Kier alpha value is 1.03. The molecule has 0 aromatic carbocycles. The molecule has 12 heavy (non-hydrogen) atoms. The quantitative estimate of drug-likeness (QED) is 0.490. The molecule has 1 saturated heterocycles. The molecule has 0 spiro atoms. The fourth-order valence-corrected chi connectivity index (χ4v) is 1.08. The van der Waals surface area contributed by atoms with Crippen LogP contribution in [0.2, 0.25) is 0 Å². The monoisotopic (exact) mass is 199 g/mol. The van der Waals surface area contributed by atoms with Gasteiger partial charge in [-0.1, -0.05) is 0 Å². The molecule has 1 aliphatic rings. The number of hydrogen-bond acceptors (Lipinski definition) is 3. The second kappa shape index (κ2) is 7.43. The molecule has 0 aliphatic carbocycles. The number of carboxylic acid groups (broad SMARTS) is 1. The zero-order valence-corrected chi connectivity index (χ0v) is 10.6. The van der Waals surface area contributed by atoms with Gasteiger partial charge in [0.1, 0.15) is 0 Å². The standard InChI is InChI=1S/C7H13NO3.K.H/c9-7(10)1-2-8-3-5-11-6-4-8;;/h1-6H2,(H,9,10);;/q;+1;-1. The third kappa shape index (κ3) is 5.63. The van der Waals surface area contributed by atoms with E-state index in [-0.39, 0.29) is 59.2 Å². The van der Waals surface area contributed by atoms with Gasteiger partial charge >= 0.3 is 57.4 Å². The molecule has 0 unspecified atom stereocenters. The van der Waals surface area contributed by atoms with Gasteiger partial charge in [0.2, 0.25) is 0 Å². The second-order valence-corrected chi connectivity index (χ2v) is 2.60. The minimum absolute atomic E-state index is 0. The first kappa shape index (κ1) is 13.0. The largest absolute Gasteiger partial charge is 1.00 e. The Bertz CT molecular complexity index is 142. The van der Waals surface area contributed by atoms with Gasteiger partial charge in [0, 0.05) is 19.6 Å². The van der Waals surface area contributed by atoms with E-state index in [1.54, 1.807) is 0 Å². The Morgan fingerprint density at radius 3 is 2.58 bits per heavy atom. The topological polar surface area (TPSA) is 49.8 Å². The molecular weight excluding hydrogens is 185 g/mol. The fraction of sp³-hybridized carbons (Fsp3) is 0.857. The summed E-state index contributed by atoms with van der Waals surface area (Å²) in [5, 5.41) is 8.39. The van der Waals surface area contributed by atoms with Crippen molar-refractivity contribution in [2.24, 2.45) is 0 Å². The molecule has 0 bridgehead atoms. The molecule has 1 aliphatic heterocycles. The van der Waals surface area contributed by atoms with Gasteiger partial charge in [-0.3, -0.25) is 9.69 Å². The van der Waals surface area contributed by atoms with E-state index < -0.39 is 5.97 Å². The van der Waals surface area contributed by atoms with Crippen molar-refractivity contribution < 1.29 is 67.4 Å². The molecule has 0 radical (unpaired) electrons. The first-order valence-electron chi connectivity index (χ1n) is 3.81. The Morgan fingerprint density at radius 1 is 1.50 bits per heavy atom. The average Bonchev–Trinajstić information content (AvgIpc) is 2.03. The SMILES string of the molecule is O=C(O)CCN1CCOCC1.[H-].[K+]. The first-order valence-corrected chi connectivity index (χ1v) is 3.81. The van der Waals surface area contributed by atoms with Gasteiger partial charge in [-0.05, 0) is 0 Å². The number of aliphatic carboxylic acids is 1. The van der Waals surface area contributed by atoms with Crippen molar-refractivity contribution in [1.82, 2.24) is 4.90 Å². The van der Waals surface area contributed by atoms with Crippen LogP contribution in [0.5, 0.6) is 0 Å². The number of nitrogens with zero attached hydrogens (tertiary/aromatic N) is 1. The van der Waals surface area contributed by atoms with Crippen molar-refractivity contribution in [2.45, 2.75) is 6.42 Å². The normalized spacial score (nSPS) is 18.3. The molecule has 0 amide bonds. The molecule has 0 atom stereocenters. The van der Waals surface area contributed by atoms with Crippen LogP contribution in [0.15, 0.2) is 0 Å². The predicted octanol–water partition coefficient (Wildman–Crippen LogP) is -3.09. The van der Waals surface area contributed by atoms with Crippen LogP contribution in [0.4, 0.5) is 0 Å². The Balaban J connectivity index is 0. The van der Waals surface area contributed by atoms with E-state index >= 15 is 0 Å². The summed E-state index contributed by atoms with van der Waals surface area (Å²) in [5.74, 6) is -0.725. The van der Waals surface area contributed by atoms with E-state index in [2.05, 4.69) is 4.90 Å². The zero-order chi connectivity index (χ0) is 8.10. The summed E-state index contributed by atoms with van der Waals surface area (Å²) in [6.45, 7) is 3.86. The minimum atomic E-state index is -0.725. The maximum atomic E-state index is 10.2. The number of hydrogen-bond donors (Lipinski definition) is 1. The maximum Gasteiger partial charge on any atom is 1.00 e. The summed E-state index contributed by atoms with van der Waals surface area (Å²) >= 11 is 0. The third-order valence-electron chi connectivity index (χ3n) is 1.75. The number of rotatable bonds is 3. The van der Waals surface area contributed by atoms with Gasteiger partial charge in [-0.25, -0.2) is 0 Å². The molecule has 1 N–H and O–H groups in total. The zero-order valence-electron chi connectivity index (χ0n) is 8.45. The molecule has 0 saturated carbocycles. The summed E-state index contributed by atoms with van der Waals surface area (Å²) < 4.78 is 5.12. The summed E-state index contributed by atoms with van der Waals surface area (Å²) in [5.41, 5.74) is 0. The van der Waals surface area contributed by atoms with E-state index in [1.165, 1.54) is 0 Å². The number of carbonyl (C=O) groups is 1. The molecule has 1 fully saturated rings. The summed E-state index contributed by atoms with van der Waals surface area (Å²) in [6.07, 6.45) is 0.236. The van der Waals surface area contributed by atoms with Crippen LogP contribution in [-0.2, 0) is 9.53 Å². The average molecular weight is 199 g/mol. The van der Waals surface area contributed by atoms with Crippen LogP contribution in [0.1, 0.15) is 7.85 Å². The first-order chi connectivity index (χ1) is 5.29. The van der Waals surface area contributed by atoms with Crippen LogP contribution in [0.3, 0.4) is 0 Å². The Labute approximate surface area is 116 Å². The van der Waals surface area contributed by atoms with Gasteiger partial charge in [0.05, 0.1) is 19.6 Å². The van der Waals surface area contributed by atoms with Crippen molar-refractivity contribution in [3.8, 4) is 0 Å². The third-order valence-corrected chi connectivity index (χ3v) is 1.75. The molecule has 5 heteroatoms. The minimum Gasteiger partial charge on any atom is -1.00 e. The van der Waals surface area contributed by atoms with Gasteiger partial charge in [-0.15, -0.1) is 0 Å². The molecule has 0 aromatic rings. The van der Waals surface area contributed by atoms with E-state index in [0.717, 1.165) is 26.3 Å². The van der Waals surface area contributed by atoms with E-state index in [0.29, 0.717) is 6.54 Å². The van der Waals surface area contributed by atoms with Crippen LogP contribution in [0.25, 0.3) is 0 Å². The fourth-order valence-electron chi connectivity index (χ4n) is 1.08. The van der Waals surface area contributed by atoms with E-state index in [4.69, 9.17) is 9.84 Å². The summed E-state index contributed by atoms with van der Waals surface area (Å²) in [6, 6.07) is 0. The molecule has 0 aromatic heterocycles. The predicted molar refractivity (Wildman–Crippen MR) is 40.6 cm³/mol. The molecular formula is C7H14KNO3. The number of morpholine rings is 1. The van der Waals surface area contributed by atoms with Crippen molar-refractivity contribution in [3.05, 3.63) is 0 Å². The van der Waals surface area contributed by atoms with Crippen LogP contribution < -0.4 is 51.4 Å². The van der Waals surface area contributed by atoms with Crippen LogP contribution in [-0.4, -0.2) is 48.8 Å².